The molecule has 5 heteroatoms. The van der Waals surface area contributed by atoms with E-state index in [2.05, 4.69) is 33.4 Å². The maximum atomic E-state index is 11.8. The molecule has 0 radical (unpaired) electrons. The molecule has 18 heavy (non-hydrogen) atoms. The molecule has 0 saturated carbocycles. The molecule has 3 nitrogen and oxygen atoms in total. The lowest BCUT2D eigenvalue weighted by Gasteiger charge is -2.21. The normalized spacial score (nSPS) is 18.3. The fraction of sp³-hybridized carbons (Fsp3) is 0.462. The zero-order chi connectivity index (χ0) is 13.3. The topological polar surface area (TPSA) is 38.3 Å². The maximum Gasteiger partial charge on any atom is 0.408 e. The van der Waals surface area contributed by atoms with Crippen LogP contribution in [0.25, 0.3) is 0 Å². The van der Waals surface area contributed by atoms with Crippen LogP contribution in [0.15, 0.2) is 27.6 Å². The lowest BCUT2D eigenvalue weighted by molar-refractivity contribution is 0.0509. The van der Waals surface area contributed by atoms with E-state index in [1.807, 2.05) is 26.8 Å². The highest BCUT2D eigenvalue weighted by molar-refractivity contribution is 9.10. The second-order valence-electron chi connectivity index (χ2n) is 5.19. The Hall–Kier alpha value is -0.680. The molecule has 0 spiro atoms. The maximum absolute atomic E-state index is 11.8. The number of nitrogens with one attached hydrogen (secondary N) is 1. The van der Waals surface area contributed by atoms with Gasteiger partial charge in [0, 0.05) is 15.1 Å². The van der Waals surface area contributed by atoms with Gasteiger partial charge >= 0.3 is 6.09 Å². The molecule has 1 unspecified atom stereocenters. The molecule has 1 aliphatic rings. The zero-order valence-corrected chi connectivity index (χ0v) is 13.0. The van der Waals surface area contributed by atoms with Gasteiger partial charge in [-0.3, -0.25) is 0 Å². The average Bonchev–Trinajstić information content (AvgIpc) is 2.58. The third kappa shape index (κ3) is 3.42. The van der Waals surface area contributed by atoms with Crippen LogP contribution in [-0.4, -0.2) is 17.4 Å². The standard InChI is InChI=1S/C13H16BrNO2S/c1-13(2,3)17-12(16)15-10-7-18-11-5-4-8(14)6-9(10)11/h4-6,10H,7H2,1-3H3,(H,15,16). The van der Waals surface area contributed by atoms with Gasteiger partial charge in [0.2, 0.25) is 0 Å². The average molecular weight is 330 g/mol. The van der Waals surface area contributed by atoms with Gasteiger partial charge in [-0.15, -0.1) is 11.8 Å². The van der Waals surface area contributed by atoms with E-state index in [1.54, 1.807) is 11.8 Å². The van der Waals surface area contributed by atoms with E-state index in [0.717, 1.165) is 15.8 Å². The molecule has 2 rings (SSSR count). The first kappa shape index (κ1) is 13.7. The monoisotopic (exact) mass is 329 g/mol. The van der Waals surface area contributed by atoms with Gasteiger partial charge in [-0.2, -0.15) is 0 Å². The van der Waals surface area contributed by atoms with E-state index in [1.165, 1.54) is 4.90 Å². The highest BCUT2D eigenvalue weighted by Gasteiger charge is 2.26. The molecule has 0 aliphatic carbocycles. The largest absolute Gasteiger partial charge is 0.444 e. The number of halogens is 1. The molecule has 1 aromatic carbocycles. The van der Waals surface area contributed by atoms with E-state index in [9.17, 15) is 4.79 Å². The molecule has 1 N–H and O–H groups in total. The smallest absolute Gasteiger partial charge is 0.408 e. The van der Waals surface area contributed by atoms with Crippen LogP contribution in [0.3, 0.4) is 0 Å². The van der Waals surface area contributed by atoms with E-state index in [0.29, 0.717) is 0 Å². The van der Waals surface area contributed by atoms with Crippen LogP contribution in [0, 0.1) is 0 Å². The molecule has 1 atom stereocenters. The van der Waals surface area contributed by atoms with E-state index >= 15 is 0 Å². The Kier molecular flexibility index (Phi) is 3.92. The van der Waals surface area contributed by atoms with Crippen molar-refractivity contribution in [1.29, 1.82) is 0 Å². The molecule has 0 aromatic heterocycles. The van der Waals surface area contributed by atoms with Crippen molar-refractivity contribution in [2.75, 3.05) is 5.75 Å². The van der Waals surface area contributed by atoms with Crippen molar-refractivity contribution in [3.63, 3.8) is 0 Å². The van der Waals surface area contributed by atoms with Crippen molar-refractivity contribution in [3.8, 4) is 0 Å². The minimum absolute atomic E-state index is 0.0253. The fourth-order valence-corrected chi connectivity index (χ4v) is 3.28. The van der Waals surface area contributed by atoms with Crippen LogP contribution < -0.4 is 5.32 Å². The molecular formula is C13H16BrNO2S. The number of thioether (sulfide) groups is 1. The second kappa shape index (κ2) is 5.13. The van der Waals surface area contributed by atoms with Gasteiger partial charge < -0.3 is 10.1 Å². The van der Waals surface area contributed by atoms with E-state index in [-0.39, 0.29) is 12.1 Å². The predicted octanol–water partition coefficient (Wildman–Crippen LogP) is 4.12. The summed E-state index contributed by atoms with van der Waals surface area (Å²) < 4.78 is 6.30. The lowest BCUT2D eigenvalue weighted by atomic mass is 10.1. The van der Waals surface area contributed by atoms with Crippen LogP contribution >= 0.6 is 27.7 Å². The first-order valence-corrected chi connectivity index (χ1v) is 7.55. The van der Waals surface area contributed by atoms with Crippen molar-refractivity contribution >= 4 is 33.8 Å². The molecule has 98 valence electrons. The summed E-state index contributed by atoms with van der Waals surface area (Å²) >= 11 is 5.21. The molecular weight excluding hydrogens is 314 g/mol. The molecule has 1 aromatic rings. The van der Waals surface area contributed by atoms with E-state index < -0.39 is 5.60 Å². The number of fused-ring (bicyclic) bond motifs is 1. The number of rotatable bonds is 1. The fourth-order valence-electron chi connectivity index (χ4n) is 1.76. The van der Waals surface area contributed by atoms with Crippen molar-refractivity contribution in [1.82, 2.24) is 5.32 Å². The highest BCUT2D eigenvalue weighted by Crippen LogP contribution is 2.39. The van der Waals surface area contributed by atoms with Crippen LogP contribution in [0.4, 0.5) is 4.79 Å². The molecule has 0 fully saturated rings. The molecule has 1 heterocycles. The first-order valence-electron chi connectivity index (χ1n) is 5.77. The Morgan fingerprint density at radius 3 is 2.89 bits per heavy atom. The number of ether oxygens (including phenoxy) is 1. The Morgan fingerprint density at radius 1 is 1.50 bits per heavy atom. The van der Waals surface area contributed by atoms with Crippen LogP contribution in [0.5, 0.6) is 0 Å². The predicted molar refractivity (Wildman–Crippen MR) is 77.0 cm³/mol. The summed E-state index contributed by atoms with van der Waals surface area (Å²) in [6.45, 7) is 5.58. The van der Waals surface area contributed by atoms with Gasteiger partial charge in [0.1, 0.15) is 5.60 Å². The van der Waals surface area contributed by atoms with Gasteiger partial charge in [0.25, 0.3) is 0 Å². The van der Waals surface area contributed by atoms with Crippen molar-refractivity contribution in [3.05, 3.63) is 28.2 Å². The van der Waals surface area contributed by atoms with Gasteiger partial charge in [0.15, 0.2) is 0 Å². The Balaban J connectivity index is 2.06. The minimum atomic E-state index is -0.462. The summed E-state index contributed by atoms with van der Waals surface area (Å²) in [6, 6.07) is 6.16. The van der Waals surface area contributed by atoms with Crippen LogP contribution in [0.2, 0.25) is 0 Å². The number of carbonyl (C=O) groups excluding carboxylic acids is 1. The van der Waals surface area contributed by atoms with Crippen LogP contribution in [0.1, 0.15) is 32.4 Å². The summed E-state index contributed by atoms with van der Waals surface area (Å²) in [6.07, 6.45) is -0.360. The number of alkyl carbamates (subject to hydrolysis) is 1. The summed E-state index contributed by atoms with van der Waals surface area (Å²) in [5.74, 6) is 0.852. The summed E-state index contributed by atoms with van der Waals surface area (Å²) in [5, 5.41) is 2.92. The van der Waals surface area contributed by atoms with E-state index in [4.69, 9.17) is 4.74 Å². The third-order valence-corrected chi connectivity index (χ3v) is 4.12. The van der Waals surface area contributed by atoms with Gasteiger partial charge in [-0.1, -0.05) is 15.9 Å². The zero-order valence-electron chi connectivity index (χ0n) is 10.6. The van der Waals surface area contributed by atoms with Crippen molar-refractivity contribution in [2.24, 2.45) is 0 Å². The SMILES string of the molecule is CC(C)(C)OC(=O)NC1CSc2ccc(Br)cc21. The van der Waals surface area contributed by atoms with Crippen LogP contribution in [-0.2, 0) is 4.74 Å². The summed E-state index contributed by atoms with van der Waals surface area (Å²) in [5.41, 5.74) is 0.691. The molecule has 1 aliphatic heterocycles. The van der Waals surface area contributed by atoms with Gasteiger partial charge in [-0.05, 0) is 44.5 Å². The second-order valence-corrected chi connectivity index (χ2v) is 7.17. The Morgan fingerprint density at radius 2 is 2.22 bits per heavy atom. The quantitative estimate of drug-likeness (QED) is 0.842. The third-order valence-electron chi connectivity index (χ3n) is 2.44. The lowest BCUT2D eigenvalue weighted by Crippen LogP contribution is -2.35. The number of amides is 1. The summed E-state index contributed by atoms with van der Waals surface area (Å²) in [7, 11) is 0. The highest BCUT2D eigenvalue weighted by atomic mass is 79.9. The van der Waals surface area contributed by atoms with Gasteiger partial charge in [-0.25, -0.2) is 4.79 Å². The Bertz CT molecular complexity index is 471. The minimum Gasteiger partial charge on any atom is -0.444 e. The summed E-state index contributed by atoms with van der Waals surface area (Å²) in [4.78, 5) is 13.0. The molecule has 0 saturated heterocycles. The van der Waals surface area contributed by atoms with Gasteiger partial charge in [0.05, 0.1) is 6.04 Å². The number of benzene rings is 1. The molecule has 0 bridgehead atoms. The first-order chi connectivity index (χ1) is 8.35. The Labute approximate surface area is 120 Å². The number of hydrogen-bond donors (Lipinski definition) is 1. The van der Waals surface area contributed by atoms with Crippen molar-refractivity contribution in [2.45, 2.75) is 37.3 Å². The molecule has 1 amide bonds. The van der Waals surface area contributed by atoms with Crippen molar-refractivity contribution < 1.29 is 9.53 Å². The number of hydrogen-bond acceptors (Lipinski definition) is 3. The number of carbonyl (C=O) groups is 1.